The molecule has 24 heavy (non-hydrogen) atoms. The summed E-state index contributed by atoms with van der Waals surface area (Å²) in [6.07, 6.45) is 4.50. The number of likely N-dealkylation sites (tertiary alicyclic amines) is 1. The molecule has 1 N–H and O–H groups in total. The van der Waals surface area contributed by atoms with Gasteiger partial charge in [-0.05, 0) is 31.9 Å². The molecule has 2 aromatic rings. The van der Waals surface area contributed by atoms with E-state index in [4.69, 9.17) is 4.52 Å². The average Bonchev–Trinajstić information content (AvgIpc) is 3.05. The molecule has 0 atom stereocenters. The Morgan fingerprint density at radius 1 is 1.29 bits per heavy atom. The number of amides is 2. The highest BCUT2D eigenvalue weighted by Crippen LogP contribution is 2.19. The third-order valence-corrected chi connectivity index (χ3v) is 4.06. The van der Waals surface area contributed by atoms with E-state index >= 15 is 0 Å². The number of nitrogens with one attached hydrogen (secondary N) is 1. The maximum absolute atomic E-state index is 12.4. The van der Waals surface area contributed by atoms with Crippen molar-refractivity contribution in [1.29, 1.82) is 0 Å². The van der Waals surface area contributed by atoms with E-state index in [1.165, 1.54) is 0 Å². The van der Waals surface area contributed by atoms with Crippen molar-refractivity contribution in [3.05, 3.63) is 41.8 Å². The van der Waals surface area contributed by atoms with Crippen LogP contribution in [0.5, 0.6) is 0 Å². The number of carbonyl (C=O) groups excluding carboxylic acids is 2. The molecule has 1 aliphatic rings. The number of aryl methyl sites for hydroxylation is 1. The Labute approximate surface area is 139 Å². The van der Waals surface area contributed by atoms with E-state index in [0.29, 0.717) is 43.2 Å². The van der Waals surface area contributed by atoms with E-state index in [1.54, 1.807) is 36.4 Å². The zero-order valence-electron chi connectivity index (χ0n) is 13.4. The quantitative estimate of drug-likeness (QED) is 0.896. The van der Waals surface area contributed by atoms with E-state index in [1.807, 2.05) is 0 Å². The Balaban J connectivity index is 1.47. The van der Waals surface area contributed by atoms with Crippen LogP contribution in [0.15, 0.2) is 29.0 Å². The first-order valence-corrected chi connectivity index (χ1v) is 7.89. The predicted octanol–water partition coefficient (Wildman–Crippen LogP) is 0.942. The molecule has 1 aliphatic heterocycles. The molecule has 0 aliphatic carbocycles. The molecule has 0 radical (unpaired) electrons. The minimum atomic E-state index is -0.101. The summed E-state index contributed by atoms with van der Waals surface area (Å²) in [6, 6.07) is 3.40. The summed E-state index contributed by atoms with van der Waals surface area (Å²) in [7, 11) is 0. The Hall–Kier alpha value is -2.77. The van der Waals surface area contributed by atoms with Gasteiger partial charge in [-0.15, -0.1) is 0 Å². The topological polar surface area (TPSA) is 101 Å². The Bertz CT molecular complexity index is 708. The van der Waals surface area contributed by atoms with E-state index in [9.17, 15) is 9.59 Å². The van der Waals surface area contributed by atoms with Gasteiger partial charge in [0.25, 0.3) is 5.91 Å². The lowest BCUT2D eigenvalue weighted by molar-refractivity contribution is -0.126. The summed E-state index contributed by atoms with van der Waals surface area (Å²) in [4.78, 5) is 34.3. The summed E-state index contributed by atoms with van der Waals surface area (Å²) in [5, 5.41) is 6.49. The molecule has 126 valence electrons. The van der Waals surface area contributed by atoms with Crippen LogP contribution in [0.1, 0.15) is 34.9 Å². The number of nitrogens with zero attached hydrogens (tertiary/aromatic N) is 4. The largest absolute Gasteiger partial charge is 0.347 e. The highest BCUT2D eigenvalue weighted by atomic mass is 16.5. The maximum Gasteiger partial charge on any atom is 0.253 e. The van der Waals surface area contributed by atoms with Gasteiger partial charge in [0.15, 0.2) is 5.82 Å². The van der Waals surface area contributed by atoms with Crippen LogP contribution in [0.25, 0.3) is 0 Å². The number of hydrogen-bond donors (Lipinski definition) is 1. The van der Waals surface area contributed by atoms with Gasteiger partial charge >= 0.3 is 0 Å². The molecule has 2 amide bonds. The Kier molecular flexibility index (Phi) is 4.83. The lowest BCUT2D eigenvalue weighted by atomic mass is 9.95. The van der Waals surface area contributed by atoms with Crippen molar-refractivity contribution in [3.8, 4) is 0 Å². The summed E-state index contributed by atoms with van der Waals surface area (Å²) >= 11 is 0. The minimum Gasteiger partial charge on any atom is -0.347 e. The van der Waals surface area contributed by atoms with Gasteiger partial charge in [-0.1, -0.05) is 5.16 Å². The van der Waals surface area contributed by atoms with Crippen molar-refractivity contribution in [1.82, 2.24) is 25.3 Å². The molecular weight excluding hydrogens is 310 g/mol. The van der Waals surface area contributed by atoms with E-state index in [-0.39, 0.29) is 24.3 Å². The van der Waals surface area contributed by atoms with Crippen LogP contribution in [0.2, 0.25) is 0 Å². The summed E-state index contributed by atoms with van der Waals surface area (Å²) in [6.45, 7) is 3.10. The van der Waals surface area contributed by atoms with Crippen LogP contribution in [-0.4, -0.2) is 44.9 Å². The van der Waals surface area contributed by atoms with Crippen molar-refractivity contribution in [2.24, 2.45) is 5.92 Å². The minimum absolute atomic E-state index is 0.0161. The van der Waals surface area contributed by atoms with Gasteiger partial charge in [0.05, 0.1) is 6.54 Å². The first kappa shape index (κ1) is 16.1. The normalized spacial score (nSPS) is 15.3. The van der Waals surface area contributed by atoms with E-state index in [0.717, 1.165) is 0 Å². The van der Waals surface area contributed by atoms with Crippen LogP contribution in [0, 0.1) is 12.8 Å². The second-order valence-corrected chi connectivity index (χ2v) is 5.76. The monoisotopic (exact) mass is 329 g/mol. The summed E-state index contributed by atoms with van der Waals surface area (Å²) in [5.41, 5.74) is 0.625. The van der Waals surface area contributed by atoms with Gasteiger partial charge in [-0.2, -0.15) is 4.98 Å². The number of carbonyl (C=O) groups is 2. The predicted molar refractivity (Wildman–Crippen MR) is 83.7 cm³/mol. The third-order valence-electron chi connectivity index (χ3n) is 4.06. The molecule has 3 heterocycles. The smallest absolute Gasteiger partial charge is 0.253 e. The fourth-order valence-corrected chi connectivity index (χ4v) is 2.74. The SMILES string of the molecule is Cc1noc(CNC(=O)C2CCN(C(=O)c3ccncc3)CC2)n1. The van der Waals surface area contributed by atoms with Crippen LogP contribution >= 0.6 is 0 Å². The van der Waals surface area contributed by atoms with E-state index in [2.05, 4.69) is 20.4 Å². The van der Waals surface area contributed by atoms with Gasteiger partial charge in [0.2, 0.25) is 11.8 Å². The molecular formula is C16H19N5O3. The lowest BCUT2D eigenvalue weighted by Crippen LogP contribution is -2.42. The van der Waals surface area contributed by atoms with Crippen LogP contribution in [-0.2, 0) is 11.3 Å². The van der Waals surface area contributed by atoms with Crippen molar-refractivity contribution >= 4 is 11.8 Å². The molecule has 0 bridgehead atoms. The van der Waals surface area contributed by atoms with Gasteiger partial charge in [-0.3, -0.25) is 14.6 Å². The highest BCUT2D eigenvalue weighted by Gasteiger charge is 2.27. The summed E-state index contributed by atoms with van der Waals surface area (Å²) < 4.78 is 4.97. The highest BCUT2D eigenvalue weighted by molar-refractivity contribution is 5.94. The molecule has 0 aromatic carbocycles. The maximum atomic E-state index is 12.4. The molecule has 0 unspecified atom stereocenters. The first-order chi connectivity index (χ1) is 11.6. The molecule has 8 nitrogen and oxygen atoms in total. The van der Waals surface area contributed by atoms with Crippen molar-refractivity contribution in [2.45, 2.75) is 26.3 Å². The molecule has 2 aromatic heterocycles. The molecule has 1 saturated heterocycles. The number of pyridine rings is 1. The summed E-state index contributed by atoms with van der Waals surface area (Å²) in [5.74, 6) is 0.781. The zero-order valence-corrected chi connectivity index (χ0v) is 13.4. The molecule has 0 saturated carbocycles. The first-order valence-electron chi connectivity index (χ1n) is 7.89. The fraction of sp³-hybridized carbons (Fsp3) is 0.438. The number of hydrogen-bond acceptors (Lipinski definition) is 6. The lowest BCUT2D eigenvalue weighted by Gasteiger charge is -2.31. The van der Waals surface area contributed by atoms with E-state index < -0.39 is 0 Å². The van der Waals surface area contributed by atoms with Crippen molar-refractivity contribution in [2.75, 3.05) is 13.1 Å². The van der Waals surface area contributed by atoms with Crippen molar-refractivity contribution < 1.29 is 14.1 Å². The fourth-order valence-electron chi connectivity index (χ4n) is 2.74. The van der Waals surface area contributed by atoms with Gasteiger partial charge < -0.3 is 14.7 Å². The Morgan fingerprint density at radius 3 is 2.62 bits per heavy atom. The second kappa shape index (κ2) is 7.20. The Morgan fingerprint density at radius 2 is 2.00 bits per heavy atom. The van der Waals surface area contributed by atoms with Gasteiger partial charge in [-0.25, -0.2) is 0 Å². The number of rotatable bonds is 4. The second-order valence-electron chi connectivity index (χ2n) is 5.76. The molecule has 0 spiro atoms. The number of piperidine rings is 1. The van der Waals surface area contributed by atoms with Gasteiger partial charge in [0, 0.05) is 37.0 Å². The molecule has 3 rings (SSSR count). The standard InChI is InChI=1S/C16H19N5O3/c1-11-19-14(24-20-11)10-18-15(22)12-4-8-21(9-5-12)16(23)13-2-6-17-7-3-13/h2-3,6-7,12H,4-5,8-10H2,1H3,(H,18,22). The third kappa shape index (κ3) is 3.76. The van der Waals surface area contributed by atoms with Crippen LogP contribution < -0.4 is 5.32 Å². The molecule has 1 fully saturated rings. The molecule has 8 heteroatoms. The van der Waals surface area contributed by atoms with Crippen LogP contribution in [0.3, 0.4) is 0 Å². The van der Waals surface area contributed by atoms with Crippen molar-refractivity contribution in [3.63, 3.8) is 0 Å². The zero-order chi connectivity index (χ0) is 16.9. The average molecular weight is 329 g/mol. The van der Waals surface area contributed by atoms with Crippen LogP contribution in [0.4, 0.5) is 0 Å². The number of aromatic nitrogens is 3. The van der Waals surface area contributed by atoms with Gasteiger partial charge in [0.1, 0.15) is 0 Å².